The second-order valence-corrected chi connectivity index (χ2v) is 6.06. The molecule has 0 aliphatic heterocycles. The van der Waals surface area contributed by atoms with Crippen molar-refractivity contribution >= 4 is 11.9 Å². The van der Waals surface area contributed by atoms with Crippen LogP contribution in [0.2, 0.25) is 0 Å². The van der Waals surface area contributed by atoms with Crippen molar-refractivity contribution in [3.05, 3.63) is 29.8 Å². The molecule has 140 valence electrons. The van der Waals surface area contributed by atoms with E-state index in [4.69, 9.17) is 19.9 Å². The number of ether oxygens (including phenoxy) is 3. The van der Waals surface area contributed by atoms with Gasteiger partial charge in [-0.1, -0.05) is 18.2 Å². The molecule has 0 aromatic heterocycles. The lowest BCUT2D eigenvalue weighted by Crippen LogP contribution is -2.53. The van der Waals surface area contributed by atoms with Crippen molar-refractivity contribution in [2.24, 2.45) is 11.7 Å². The van der Waals surface area contributed by atoms with E-state index in [1.54, 1.807) is 27.9 Å². The maximum Gasteiger partial charge on any atom is 0.326 e. The van der Waals surface area contributed by atoms with E-state index >= 15 is 0 Å². The summed E-state index contributed by atoms with van der Waals surface area (Å²) in [5.74, 6) is -0.346. The summed E-state index contributed by atoms with van der Waals surface area (Å²) in [6, 6.07) is 7.56. The van der Waals surface area contributed by atoms with Gasteiger partial charge in [0, 0.05) is 6.42 Å². The molecule has 0 aliphatic carbocycles. The molecular formula is C19H29NO5. The SMILES string of the molecule is CCOC(=O)CCC(Cc1ccccc1OC)C(C)(N)C(=O)OCC. The third-order valence-electron chi connectivity index (χ3n) is 4.22. The Balaban J connectivity index is 3.01. The Labute approximate surface area is 149 Å². The molecule has 0 saturated heterocycles. The van der Waals surface area contributed by atoms with Crippen molar-refractivity contribution in [2.45, 2.75) is 45.6 Å². The van der Waals surface area contributed by atoms with E-state index in [1.165, 1.54) is 0 Å². The Morgan fingerprint density at radius 2 is 1.80 bits per heavy atom. The molecule has 0 spiro atoms. The van der Waals surface area contributed by atoms with Crippen molar-refractivity contribution < 1.29 is 23.8 Å². The molecule has 0 fully saturated rings. The van der Waals surface area contributed by atoms with Crippen molar-refractivity contribution in [1.29, 1.82) is 0 Å². The van der Waals surface area contributed by atoms with Gasteiger partial charge in [0.15, 0.2) is 0 Å². The maximum atomic E-state index is 12.3. The monoisotopic (exact) mass is 351 g/mol. The van der Waals surface area contributed by atoms with Gasteiger partial charge in [-0.3, -0.25) is 9.59 Å². The summed E-state index contributed by atoms with van der Waals surface area (Å²) in [5, 5.41) is 0. The second-order valence-electron chi connectivity index (χ2n) is 6.06. The summed E-state index contributed by atoms with van der Waals surface area (Å²) in [6.07, 6.45) is 1.11. The Morgan fingerprint density at radius 1 is 1.16 bits per heavy atom. The number of methoxy groups -OCH3 is 1. The molecule has 1 aromatic rings. The molecule has 6 heteroatoms. The van der Waals surface area contributed by atoms with Crippen LogP contribution in [0.25, 0.3) is 0 Å². The summed E-state index contributed by atoms with van der Waals surface area (Å²) < 4.78 is 15.5. The number of hydrogen-bond donors (Lipinski definition) is 1. The highest BCUT2D eigenvalue weighted by molar-refractivity contribution is 5.80. The van der Waals surface area contributed by atoms with Crippen LogP contribution in [0, 0.1) is 5.92 Å². The van der Waals surface area contributed by atoms with Crippen molar-refractivity contribution in [3.8, 4) is 5.75 Å². The molecule has 25 heavy (non-hydrogen) atoms. The molecule has 2 N–H and O–H groups in total. The molecule has 2 unspecified atom stereocenters. The van der Waals surface area contributed by atoms with Crippen LogP contribution in [0.15, 0.2) is 24.3 Å². The molecule has 0 amide bonds. The number of nitrogens with two attached hydrogens (primary N) is 1. The molecule has 6 nitrogen and oxygen atoms in total. The summed E-state index contributed by atoms with van der Waals surface area (Å²) >= 11 is 0. The van der Waals surface area contributed by atoms with Gasteiger partial charge in [-0.05, 0) is 51.2 Å². The highest BCUT2D eigenvalue weighted by atomic mass is 16.5. The Morgan fingerprint density at radius 3 is 2.40 bits per heavy atom. The Hall–Kier alpha value is -2.08. The number of carbonyl (C=O) groups excluding carboxylic acids is 2. The predicted molar refractivity (Wildman–Crippen MR) is 95.3 cm³/mol. The van der Waals surface area contributed by atoms with Crippen LogP contribution in [0.1, 0.15) is 39.2 Å². The fourth-order valence-corrected chi connectivity index (χ4v) is 2.73. The van der Waals surface area contributed by atoms with Crippen LogP contribution in [0.4, 0.5) is 0 Å². The van der Waals surface area contributed by atoms with Gasteiger partial charge in [0.05, 0.1) is 20.3 Å². The average Bonchev–Trinajstić information content (AvgIpc) is 2.59. The molecule has 0 aliphatic rings. The lowest BCUT2D eigenvalue weighted by molar-refractivity contribution is -0.152. The average molecular weight is 351 g/mol. The minimum atomic E-state index is -1.22. The van der Waals surface area contributed by atoms with E-state index in [1.807, 2.05) is 24.3 Å². The molecule has 0 heterocycles. The number of hydrogen-bond acceptors (Lipinski definition) is 6. The van der Waals surface area contributed by atoms with E-state index in [0.29, 0.717) is 19.4 Å². The molecule has 0 radical (unpaired) electrons. The van der Waals surface area contributed by atoms with Gasteiger partial charge in [0.25, 0.3) is 0 Å². The van der Waals surface area contributed by atoms with Crippen LogP contribution < -0.4 is 10.5 Å². The van der Waals surface area contributed by atoms with Crippen LogP contribution in [-0.2, 0) is 25.5 Å². The second kappa shape index (κ2) is 10.0. The topological polar surface area (TPSA) is 87.9 Å². The minimum absolute atomic E-state index is 0.194. The first-order valence-corrected chi connectivity index (χ1v) is 8.60. The maximum absolute atomic E-state index is 12.3. The molecule has 0 bridgehead atoms. The van der Waals surface area contributed by atoms with Crippen LogP contribution in [0.3, 0.4) is 0 Å². The number of esters is 2. The Kier molecular flexibility index (Phi) is 8.41. The molecule has 0 saturated carbocycles. The van der Waals surface area contributed by atoms with E-state index in [0.717, 1.165) is 11.3 Å². The summed E-state index contributed by atoms with van der Waals surface area (Å²) in [6.45, 7) is 5.73. The Bertz CT molecular complexity index is 571. The van der Waals surface area contributed by atoms with Crippen molar-refractivity contribution in [1.82, 2.24) is 0 Å². The number of carbonyl (C=O) groups is 2. The quantitative estimate of drug-likeness (QED) is 0.652. The van der Waals surface area contributed by atoms with Crippen LogP contribution >= 0.6 is 0 Å². The van der Waals surface area contributed by atoms with Gasteiger partial charge >= 0.3 is 11.9 Å². The van der Waals surface area contributed by atoms with Gasteiger partial charge in [-0.15, -0.1) is 0 Å². The summed E-state index contributed by atoms with van der Waals surface area (Å²) in [7, 11) is 1.60. The van der Waals surface area contributed by atoms with Crippen LogP contribution in [0.5, 0.6) is 5.75 Å². The summed E-state index contributed by atoms with van der Waals surface area (Å²) in [5.41, 5.74) is 6.03. The number of para-hydroxylation sites is 1. The summed E-state index contributed by atoms with van der Waals surface area (Å²) in [4.78, 5) is 24.1. The van der Waals surface area contributed by atoms with Gasteiger partial charge in [-0.25, -0.2) is 0 Å². The fraction of sp³-hybridized carbons (Fsp3) is 0.579. The van der Waals surface area contributed by atoms with Gasteiger partial charge in [-0.2, -0.15) is 0 Å². The van der Waals surface area contributed by atoms with E-state index in [9.17, 15) is 9.59 Å². The van der Waals surface area contributed by atoms with E-state index in [-0.39, 0.29) is 24.9 Å². The molecule has 1 aromatic carbocycles. The smallest absolute Gasteiger partial charge is 0.326 e. The fourth-order valence-electron chi connectivity index (χ4n) is 2.73. The highest BCUT2D eigenvalue weighted by Crippen LogP contribution is 2.29. The first-order chi connectivity index (χ1) is 11.9. The highest BCUT2D eigenvalue weighted by Gasteiger charge is 2.39. The van der Waals surface area contributed by atoms with Crippen LogP contribution in [-0.4, -0.2) is 37.8 Å². The first kappa shape index (κ1) is 21.0. The third kappa shape index (κ3) is 6.05. The largest absolute Gasteiger partial charge is 0.496 e. The third-order valence-corrected chi connectivity index (χ3v) is 4.22. The van der Waals surface area contributed by atoms with Crippen molar-refractivity contribution in [2.75, 3.05) is 20.3 Å². The zero-order valence-electron chi connectivity index (χ0n) is 15.5. The van der Waals surface area contributed by atoms with Gasteiger partial charge < -0.3 is 19.9 Å². The van der Waals surface area contributed by atoms with Gasteiger partial charge in [0.1, 0.15) is 11.3 Å². The van der Waals surface area contributed by atoms with E-state index < -0.39 is 11.5 Å². The van der Waals surface area contributed by atoms with Crippen molar-refractivity contribution in [3.63, 3.8) is 0 Å². The molecule has 1 rings (SSSR count). The minimum Gasteiger partial charge on any atom is -0.496 e. The zero-order chi connectivity index (χ0) is 18.9. The zero-order valence-corrected chi connectivity index (χ0v) is 15.5. The normalized spacial score (nSPS) is 14.3. The van der Waals surface area contributed by atoms with E-state index in [2.05, 4.69) is 0 Å². The molecular weight excluding hydrogens is 322 g/mol. The first-order valence-electron chi connectivity index (χ1n) is 8.60. The molecule has 2 atom stereocenters. The lowest BCUT2D eigenvalue weighted by atomic mass is 9.79. The lowest BCUT2D eigenvalue weighted by Gasteiger charge is -2.32. The number of benzene rings is 1. The standard InChI is InChI=1S/C19H29NO5/c1-5-24-17(21)12-11-15(19(3,20)18(22)25-6-2)13-14-9-7-8-10-16(14)23-4/h7-10,15H,5-6,11-13,20H2,1-4H3. The predicted octanol–water partition coefficient (Wildman–Crippen LogP) is 2.48. The number of rotatable bonds is 10. The van der Waals surface area contributed by atoms with Gasteiger partial charge in [0.2, 0.25) is 0 Å².